The summed E-state index contributed by atoms with van der Waals surface area (Å²) in [5, 5.41) is 4.94. The van der Waals surface area contributed by atoms with Crippen molar-refractivity contribution in [3.05, 3.63) is 61.8 Å². The van der Waals surface area contributed by atoms with Crippen LogP contribution in [0, 0.1) is 0 Å². The number of nitrogens with zero attached hydrogens (tertiary/aromatic N) is 5. The minimum atomic E-state index is -0.562. The van der Waals surface area contributed by atoms with Crippen molar-refractivity contribution in [2.45, 2.75) is 79.6 Å². The van der Waals surface area contributed by atoms with Gasteiger partial charge in [0.25, 0.3) is 0 Å². The van der Waals surface area contributed by atoms with Crippen LogP contribution in [0.5, 0.6) is 0 Å². The molecule has 57 heavy (non-hydrogen) atoms. The number of imidazole rings is 2. The van der Waals surface area contributed by atoms with Gasteiger partial charge in [-0.3, -0.25) is 14.4 Å². The minimum Gasteiger partial charge on any atom is -0.461 e. The highest BCUT2D eigenvalue weighted by Gasteiger charge is 2.20. The molecule has 2 fully saturated rings. The maximum absolute atomic E-state index is 11.4. The second-order valence-corrected chi connectivity index (χ2v) is 13.6. The van der Waals surface area contributed by atoms with Crippen molar-refractivity contribution in [2.24, 2.45) is 7.05 Å². The lowest BCUT2D eigenvalue weighted by Gasteiger charge is -2.15. The zero-order valence-corrected chi connectivity index (χ0v) is 34.7. The summed E-state index contributed by atoms with van der Waals surface area (Å²) in [6, 6.07) is 8.37. The van der Waals surface area contributed by atoms with Crippen molar-refractivity contribution < 1.29 is 28.3 Å². The summed E-state index contributed by atoms with van der Waals surface area (Å²) in [5.41, 5.74) is 8.17. The van der Waals surface area contributed by atoms with E-state index in [0.717, 1.165) is 96.6 Å². The fourth-order valence-electron chi connectivity index (χ4n) is 5.93. The second kappa shape index (κ2) is 24.6. The molecule has 310 valence electrons. The Morgan fingerprint density at radius 1 is 0.737 bits per heavy atom. The molecule has 1 aromatic carbocycles. The van der Waals surface area contributed by atoms with Gasteiger partial charge in [0.05, 0.1) is 61.2 Å². The highest BCUT2D eigenvalue weighted by atomic mass is 16.5. The number of nitrogens with one attached hydrogen (secondary N) is 4. The number of aryl methyl sites for hydroxylation is 1. The number of alkyl carbamates (subject to hydrolysis) is 1. The molecule has 0 aliphatic carbocycles. The molecule has 0 bridgehead atoms. The molecule has 0 saturated carbocycles. The summed E-state index contributed by atoms with van der Waals surface area (Å²) >= 11 is 0. The van der Waals surface area contributed by atoms with Gasteiger partial charge in [0.15, 0.2) is 5.58 Å². The smallest absolute Gasteiger partial charge is 0.407 e. The number of methoxy groups -OCH3 is 1. The third-order valence-corrected chi connectivity index (χ3v) is 8.72. The van der Waals surface area contributed by atoms with Crippen LogP contribution in [0.3, 0.4) is 0 Å². The van der Waals surface area contributed by atoms with E-state index in [1.165, 1.54) is 20.0 Å². The van der Waals surface area contributed by atoms with Gasteiger partial charge in [-0.25, -0.2) is 14.8 Å². The van der Waals surface area contributed by atoms with E-state index in [4.69, 9.17) is 4.42 Å². The summed E-state index contributed by atoms with van der Waals surface area (Å²) in [6.07, 6.45) is 17.5. The van der Waals surface area contributed by atoms with E-state index in [9.17, 15) is 19.2 Å². The first-order chi connectivity index (χ1) is 27.6. The molecule has 4 amide bonds. The Bertz CT molecular complexity index is 1860. The van der Waals surface area contributed by atoms with Crippen LogP contribution in [0.2, 0.25) is 0 Å². The molecule has 6 heterocycles. The monoisotopic (exact) mass is 787 g/mol. The van der Waals surface area contributed by atoms with Gasteiger partial charge in [-0.2, -0.15) is 0 Å². The van der Waals surface area contributed by atoms with Crippen molar-refractivity contribution >= 4 is 34.9 Å². The maximum atomic E-state index is 11.4. The molecule has 2 saturated heterocycles. The molecule has 2 aliphatic rings. The normalized spacial score (nSPS) is 12.8. The number of carbonyl (C=O) groups is 4. The Kier molecular flexibility index (Phi) is 19.7. The Morgan fingerprint density at radius 3 is 1.70 bits per heavy atom. The van der Waals surface area contributed by atoms with Gasteiger partial charge in [0.1, 0.15) is 12.8 Å². The lowest BCUT2D eigenvalue weighted by molar-refractivity contribution is -0.132. The van der Waals surface area contributed by atoms with Crippen molar-refractivity contribution in [2.75, 3.05) is 46.4 Å². The highest BCUT2D eigenvalue weighted by molar-refractivity contribution is 6.00. The zero-order chi connectivity index (χ0) is 41.6. The van der Waals surface area contributed by atoms with Crippen LogP contribution in [-0.2, 0) is 26.2 Å². The van der Waals surface area contributed by atoms with Crippen molar-refractivity contribution in [1.29, 1.82) is 0 Å². The maximum Gasteiger partial charge on any atom is 0.407 e. The molecule has 0 unspecified atom stereocenters. The van der Waals surface area contributed by atoms with Crippen LogP contribution < -0.4 is 10.6 Å². The number of likely N-dealkylation sites (tertiary alicyclic amines) is 2. The quantitative estimate of drug-likeness (QED) is 0.128. The van der Waals surface area contributed by atoms with Crippen LogP contribution >= 0.6 is 0 Å². The molecule has 15 nitrogen and oxygen atoms in total. The lowest BCUT2D eigenvalue weighted by atomic mass is 10.0. The number of hydrogen-bond acceptors (Lipinski definition) is 8. The molecule has 0 radical (unpaired) electrons. The average molecular weight is 788 g/mol. The topological polar surface area (TPSA) is 183 Å². The predicted octanol–water partition coefficient (Wildman–Crippen LogP) is 7.15. The van der Waals surface area contributed by atoms with E-state index >= 15 is 0 Å². The van der Waals surface area contributed by atoms with Crippen molar-refractivity contribution in [1.82, 2.24) is 44.9 Å². The first kappa shape index (κ1) is 45.5. The number of fused-ring (bicyclic) bond motifs is 1. The van der Waals surface area contributed by atoms with Crippen molar-refractivity contribution in [3.8, 4) is 33.6 Å². The standard InChI is InChI=1S/C19H15N5O.C9H16N2O2.C8H14N2O3.2C3H8/c1-24-8-14(12-2-4-13(5-3-12)16-6-20-10-22-16)19-18(24)15(9-25-19)17-7-21-11-23-17;1-2-8(12)10-7-9(13)11-5-3-4-6-11;1-13-8(12)9-6-7(11)10-4-2-3-5-10;2*1-3-2/h2-11H,1H3,(H,20,22)(H,21,23);2-7H2,1H3,(H,10,12);2-6H2,1H3,(H,9,12);2*3H2,1-2H3. The lowest BCUT2D eigenvalue weighted by Crippen LogP contribution is -2.38. The van der Waals surface area contributed by atoms with Gasteiger partial charge >= 0.3 is 6.09 Å². The zero-order valence-electron chi connectivity index (χ0n) is 34.7. The first-order valence-electron chi connectivity index (χ1n) is 19.9. The number of carbonyl (C=O) groups excluding carboxylic acids is 4. The Morgan fingerprint density at radius 2 is 1.23 bits per heavy atom. The summed E-state index contributed by atoms with van der Waals surface area (Å²) < 4.78 is 12.3. The van der Waals surface area contributed by atoms with Crippen LogP contribution in [0.1, 0.15) is 79.6 Å². The van der Waals surface area contributed by atoms with Crippen LogP contribution in [-0.4, -0.2) is 104 Å². The number of rotatable bonds is 8. The molecule has 7 rings (SSSR count). The van der Waals surface area contributed by atoms with Gasteiger partial charge < -0.3 is 44.1 Å². The first-order valence-corrected chi connectivity index (χ1v) is 19.9. The Hall–Kier alpha value is -5.86. The molecular formula is C42H61N9O6. The van der Waals surface area contributed by atoms with E-state index in [0.29, 0.717) is 6.42 Å². The number of H-pyrrole nitrogens is 2. The predicted molar refractivity (Wildman–Crippen MR) is 223 cm³/mol. The number of amides is 4. The Labute approximate surface area is 336 Å². The van der Waals surface area contributed by atoms with Gasteiger partial charge in [0, 0.05) is 51.4 Å². The van der Waals surface area contributed by atoms with Gasteiger partial charge in [-0.15, -0.1) is 0 Å². The molecular weight excluding hydrogens is 727 g/mol. The summed E-state index contributed by atoms with van der Waals surface area (Å²) in [6.45, 7) is 13.8. The molecule has 4 aromatic heterocycles. The van der Waals surface area contributed by atoms with E-state index < -0.39 is 6.09 Å². The summed E-state index contributed by atoms with van der Waals surface area (Å²) in [5.74, 6) is -0.0604. The number of aromatic amines is 2. The van der Waals surface area contributed by atoms with Crippen LogP contribution in [0.4, 0.5) is 4.79 Å². The average Bonchev–Trinajstić information content (AvgIpc) is 4.08. The van der Waals surface area contributed by atoms with Gasteiger partial charge in [-0.05, 0) is 36.8 Å². The fourth-order valence-corrected chi connectivity index (χ4v) is 5.93. The summed E-state index contributed by atoms with van der Waals surface area (Å²) in [4.78, 5) is 62.1. The second-order valence-electron chi connectivity index (χ2n) is 13.6. The molecule has 2 aliphatic heterocycles. The van der Waals surface area contributed by atoms with Crippen LogP contribution in [0.25, 0.3) is 44.7 Å². The number of aromatic nitrogens is 5. The third kappa shape index (κ3) is 14.0. The summed E-state index contributed by atoms with van der Waals surface area (Å²) in [7, 11) is 3.30. The van der Waals surface area contributed by atoms with Crippen molar-refractivity contribution in [3.63, 3.8) is 0 Å². The van der Waals surface area contributed by atoms with E-state index in [1.807, 2.05) is 13.2 Å². The molecule has 0 atom stereocenters. The number of hydrogen-bond donors (Lipinski definition) is 4. The van der Waals surface area contributed by atoms with Gasteiger partial charge in [-0.1, -0.05) is 71.7 Å². The SMILES string of the molecule is CCC.CCC.CCC(=O)NCC(=O)N1CCCC1.COC(=O)NCC(=O)N1CCCC1.Cn1cc(-c2ccc(-c3cnc[nH]3)cc2)c2occ(-c3cnc[nH]3)c21. The number of furan rings is 1. The van der Waals surface area contributed by atoms with E-state index in [-0.39, 0.29) is 30.8 Å². The molecule has 4 N–H and O–H groups in total. The van der Waals surface area contributed by atoms with E-state index in [2.05, 4.69) is 98.0 Å². The largest absolute Gasteiger partial charge is 0.461 e. The minimum absolute atomic E-state index is 0.0344. The van der Waals surface area contributed by atoms with Crippen LogP contribution in [0.15, 0.2) is 66.2 Å². The molecule has 5 aromatic rings. The number of benzene rings is 1. The molecule has 0 spiro atoms. The number of ether oxygens (including phenoxy) is 1. The molecule has 15 heteroatoms. The van der Waals surface area contributed by atoms with Gasteiger partial charge in [0.2, 0.25) is 17.7 Å². The Balaban J connectivity index is 0.000000232. The van der Waals surface area contributed by atoms with E-state index in [1.54, 1.807) is 41.8 Å². The third-order valence-electron chi connectivity index (χ3n) is 8.72. The fraction of sp³-hybridized carbons (Fsp3) is 0.476. The highest BCUT2D eigenvalue weighted by Crippen LogP contribution is 2.37.